The van der Waals surface area contributed by atoms with Crippen molar-refractivity contribution in [3.63, 3.8) is 0 Å². The quantitative estimate of drug-likeness (QED) is 0.210. The molecule has 0 aliphatic rings. The van der Waals surface area contributed by atoms with Crippen molar-refractivity contribution in [2.24, 2.45) is 5.73 Å². The Bertz CT molecular complexity index is 1510. The van der Waals surface area contributed by atoms with E-state index in [9.17, 15) is 0 Å². The van der Waals surface area contributed by atoms with E-state index in [1.807, 2.05) is 31.2 Å². The third-order valence-corrected chi connectivity index (χ3v) is 8.24. The van der Waals surface area contributed by atoms with Crippen LogP contribution in [0, 0.1) is 13.8 Å². The van der Waals surface area contributed by atoms with E-state index in [2.05, 4.69) is 110 Å². The van der Waals surface area contributed by atoms with Gasteiger partial charge in [0.05, 0.1) is 0 Å². The van der Waals surface area contributed by atoms with Crippen LogP contribution in [0.25, 0.3) is 11.1 Å². The summed E-state index contributed by atoms with van der Waals surface area (Å²) in [7, 11) is 0. The van der Waals surface area contributed by atoms with Gasteiger partial charge in [0.2, 0.25) is 0 Å². The van der Waals surface area contributed by atoms with Crippen LogP contribution in [0.1, 0.15) is 45.9 Å². The number of allylic oxidation sites excluding steroid dienone is 6. The molecule has 2 aromatic carbocycles. The first-order chi connectivity index (χ1) is 18.4. The molecule has 4 rings (SSSR count). The molecule has 38 heavy (non-hydrogen) atoms. The number of para-hydroxylation sites is 1. The van der Waals surface area contributed by atoms with Crippen molar-refractivity contribution in [3.8, 4) is 0 Å². The summed E-state index contributed by atoms with van der Waals surface area (Å²) in [4.78, 5) is 2.47. The minimum Gasteiger partial charge on any atom is -0.402 e. The monoisotopic (exact) mass is 534 g/mol. The molecule has 4 heteroatoms. The number of nitrogens with two attached hydrogens (primary N) is 1. The van der Waals surface area contributed by atoms with Gasteiger partial charge >= 0.3 is 0 Å². The summed E-state index contributed by atoms with van der Waals surface area (Å²) < 4.78 is 0. The summed E-state index contributed by atoms with van der Waals surface area (Å²) in [6.07, 6.45) is 8.31. The number of nitrogens with one attached hydrogen (secondary N) is 1. The molecule has 0 radical (unpaired) electrons. The second kappa shape index (κ2) is 12.6. The van der Waals surface area contributed by atoms with Crippen LogP contribution in [0.5, 0.6) is 0 Å². The van der Waals surface area contributed by atoms with E-state index in [1.165, 1.54) is 43.2 Å². The van der Waals surface area contributed by atoms with Crippen LogP contribution in [-0.4, -0.2) is 0 Å². The average Bonchev–Trinajstić information content (AvgIpc) is 3.63. The van der Waals surface area contributed by atoms with Gasteiger partial charge in [-0.2, -0.15) is 0 Å². The summed E-state index contributed by atoms with van der Waals surface area (Å²) >= 11 is 3.51. The van der Waals surface area contributed by atoms with E-state index in [-0.39, 0.29) is 0 Å². The Balaban J connectivity index is 1.81. The van der Waals surface area contributed by atoms with Gasteiger partial charge in [0.15, 0.2) is 0 Å². The van der Waals surface area contributed by atoms with Crippen LogP contribution < -0.4 is 11.1 Å². The molecule has 0 saturated heterocycles. The van der Waals surface area contributed by atoms with Crippen molar-refractivity contribution < 1.29 is 0 Å². The number of thiophene rings is 2. The van der Waals surface area contributed by atoms with Crippen molar-refractivity contribution in [2.75, 3.05) is 5.32 Å². The van der Waals surface area contributed by atoms with Crippen LogP contribution in [-0.2, 0) is 0 Å². The summed E-state index contributed by atoms with van der Waals surface area (Å²) in [6.45, 7) is 12.3. The Hall–Kier alpha value is -3.86. The molecule has 0 unspecified atom stereocenters. The van der Waals surface area contributed by atoms with Crippen molar-refractivity contribution in [2.45, 2.75) is 27.7 Å². The van der Waals surface area contributed by atoms with Crippen LogP contribution in [0.3, 0.4) is 0 Å². The van der Waals surface area contributed by atoms with E-state index in [4.69, 9.17) is 5.73 Å². The van der Waals surface area contributed by atoms with Gasteiger partial charge in [-0.3, -0.25) is 0 Å². The second-order valence-electron chi connectivity index (χ2n) is 9.24. The Morgan fingerprint density at radius 3 is 1.89 bits per heavy atom. The van der Waals surface area contributed by atoms with E-state index in [0.717, 1.165) is 22.5 Å². The Labute approximate surface area is 234 Å². The second-order valence-corrected chi connectivity index (χ2v) is 11.1. The van der Waals surface area contributed by atoms with Crippen LogP contribution in [0.15, 0.2) is 125 Å². The molecule has 2 aromatic heterocycles. The van der Waals surface area contributed by atoms with Gasteiger partial charge in [0.1, 0.15) is 0 Å². The Morgan fingerprint density at radius 1 is 0.789 bits per heavy atom. The molecule has 0 amide bonds. The third kappa shape index (κ3) is 6.34. The highest BCUT2D eigenvalue weighted by Gasteiger charge is 2.15. The number of hydrogen-bond acceptors (Lipinski definition) is 4. The van der Waals surface area contributed by atoms with E-state index >= 15 is 0 Å². The lowest BCUT2D eigenvalue weighted by Gasteiger charge is -2.17. The van der Waals surface area contributed by atoms with Gasteiger partial charge in [-0.15, -0.1) is 22.7 Å². The molecule has 0 aliphatic heterocycles. The van der Waals surface area contributed by atoms with Gasteiger partial charge in [-0.25, -0.2) is 0 Å². The number of hydrogen-bond donors (Lipinski definition) is 2. The standard InChI is InChI=1S/C34H34N2S2/c1-6-28(26(5)35)23(2)16-17-29(33-14-10-18-37-33)30-20-25(4)31(21-24(30)3)32(34-15-11-19-38-34)22-36-27-12-8-7-9-13-27/h6-22,36H,1,35H2,2-5H3/b23-16+,28-26-,29-17-,32-22-. The van der Waals surface area contributed by atoms with E-state index in [1.54, 1.807) is 22.7 Å². The number of aryl methyl sites for hydroxylation is 2. The topological polar surface area (TPSA) is 38.0 Å². The van der Waals surface area contributed by atoms with Gasteiger partial charge in [0, 0.05) is 32.9 Å². The molecule has 0 atom stereocenters. The molecule has 0 aliphatic carbocycles. The highest BCUT2D eigenvalue weighted by Crippen LogP contribution is 2.36. The molecule has 3 N–H and O–H groups in total. The molecule has 2 nitrogen and oxygen atoms in total. The molecule has 0 fully saturated rings. The molecular formula is C34H34N2S2. The van der Waals surface area contributed by atoms with Crippen molar-refractivity contribution in [1.29, 1.82) is 0 Å². The van der Waals surface area contributed by atoms with Gasteiger partial charge in [-0.05, 0) is 102 Å². The minimum atomic E-state index is 0.771. The zero-order valence-corrected chi connectivity index (χ0v) is 24.0. The predicted molar refractivity (Wildman–Crippen MR) is 170 cm³/mol. The van der Waals surface area contributed by atoms with Crippen LogP contribution in [0.2, 0.25) is 0 Å². The maximum absolute atomic E-state index is 6.09. The molecule has 0 bridgehead atoms. The third-order valence-electron chi connectivity index (χ3n) is 6.44. The zero-order valence-electron chi connectivity index (χ0n) is 22.4. The number of benzene rings is 2. The van der Waals surface area contributed by atoms with Crippen LogP contribution in [0.4, 0.5) is 5.69 Å². The molecule has 0 saturated carbocycles. The first-order valence-electron chi connectivity index (χ1n) is 12.6. The van der Waals surface area contributed by atoms with Crippen molar-refractivity contribution >= 4 is 39.5 Å². The lowest BCUT2D eigenvalue weighted by molar-refractivity contribution is 1.24. The number of anilines is 1. The largest absolute Gasteiger partial charge is 0.402 e. The van der Waals surface area contributed by atoms with Crippen molar-refractivity contribution in [1.82, 2.24) is 0 Å². The normalized spacial score (nSPS) is 13.3. The first kappa shape index (κ1) is 27.2. The molecule has 2 heterocycles. The maximum atomic E-state index is 6.09. The van der Waals surface area contributed by atoms with Gasteiger partial charge < -0.3 is 11.1 Å². The fraction of sp³-hybridized carbons (Fsp3) is 0.118. The number of rotatable bonds is 9. The summed E-state index contributed by atoms with van der Waals surface area (Å²) in [5.41, 5.74) is 17.3. The minimum absolute atomic E-state index is 0.771. The maximum Gasteiger partial charge on any atom is 0.0379 e. The van der Waals surface area contributed by atoms with Gasteiger partial charge in [0.25, 0.3) is 0 Å². The Morgan fingerprint density at radius 2 is 1.37 bits per heavy atom. The molecule has 0 spiro atoms. The van der Waals surface area contributed by atoms with Gasteiger partial charge in [-0.1, -0.05) is 67.3 Å². The summed E-state index contributed by atoms with van der Waals surface area (Å²) in [5.74, 6) is 0. The zero-order chi connectivity index (χ0) is 27.1. The smallest absolute Gasteiger partial charge is 0.0379 e. The fourth-order valence-corrected chi connectivity index (χ4v) is 5.99. The lowest BCUT2D eigenvalue weighted by atomic mass is 9.90. The summed E-state index contributed by atoms with van der Waals surface area (Å²) in [6, 6.07) is 23.5. The van der Waals surface area contributed by atoms with Crippen LogP contribution >= 0.6 is 22.7 Å². The lowest BCUT2D eigenvalue weighted by Crippen LogP contribution is -1.99. The molecule has 4 aromatic rings. The highest BCUT2D eigenvalue weighted by molar-refractivity contribution is 7.11. The molecule has 192 valence electrons. The predicted octanol–water partition coefficient (Wildman–Crippen LogP) is 9.72. The van der Waals surface area contributed by atoms with E-state index < -0.39 is 0 Å². The fourth-order valence-electron chi connectivity index (χ4n) is 4.47. The first-order valence-corrected chi connectivity index (χ1v) is 14.3. The SMILES string of the molecule is C=CC(=C(\C)N)/C(C)=C/C=C(\c1cccs1)c1cc(C)c(/C(=C/Nc2ccccc2)c2cccs2)cc1C. The summed E-state index contributed by atoms with van der Waals surface area (Å²) in [5, 5.41) is 7.76. The molecular weight excluding hydrogens is 501 g/mol. The Kier molecular flexibility index (Phi) is 9.01. The average molecular weight is 535 g/mol. The van der Waals surface area contributed by atoms with Crippen molar-refractivity contribution in [3.05, 3.63) is 157 Å². The highest BCUT2D eigenvalue weighted by atomic mass is 32.1. The van der Waals surface area contributed by atoms with E-state index in [0.29, 0.717) is 0 Å².